The van der Waals surface area contributed by atoms with Crippen LogP contribution in [0.2, 0.25) is 0 Å². The van der Waals surface area contributed by atoms with Gasteiger partial charge in [-0.15, -0.1) is 11.3 Å². The Labute approximate surface area is 113 Å². The minimum Gasteiger partial charge on any atom is -0.396 e. The van der Waals surface area contributed by atoms with Gasteiger partial charge in [-0.05, 0) is 24.5 Å². The van der Waals surface area contributed by atoms with Crippen molar-refractivity contribution in [2.24, 2.45) is 5.92 Å². The fourth-order valence-electron chi connectivity index (χ4n) is 1.46. The highest BCUT2D eigenvalue weighted by atomic mass is 32.2. The average Bonchev–Trinajstić information content (AvgIpc) is 2.75. The Morgan fingerprint density at radius 2 is 2.06 bits per heavy atom. The standard InChI is InChI=1S/C12H21NO3S2/c1-10(2)6-8-13(3)18(15,16)12-5-4-11(17-12)7-9-14/h4-5,10,14H,6-9H2,1-3H3. The third-order valence-corrected chi connectivity index (χ3v) is 6.15. The fraction of sp³-hybridized carbons (Fsp3) is 0.667. The van der Waals surface area contributed by atoms with Gasteiger partial charge in [-0.1, -0.05) is 13.8 Å². The van der Waals surface area contributed by atoms with E-state index in [0.29, 0.717) is 23.1 Å². The summed E-state index contributed by atoms with van der Waals surface area (Å²) in [5.74, 6) is 0.482. The van der Waals surface area contributed by atoms with Crippen LogP contribution in [-0.2, 0) is 16.4 Å². The first-order valence-electron chi connectivity index (χ1n) is 6.04. The van der Waals surface area contributed by atoms with Crippen molar-refractivity contribution in [3.05, 3.63) is 17.0 Å². The molecule has 0 aliphatic rings. The first kappa shape index (κ1) is 15.6. The summed E-state index contributed by atoms with van der Waals surface area (Å²) in [7, 11) is -1.75. The summed E-state index contributed by atoms with van der Waals surface area (Å²) in [6.45, 7) is 4.73. The van der Waals surface area contributed by atoms with Crippen LogP contribution in [0.3, 0.4) is 0 Å². The molecule has 1 heterocycles. The van der Waals surface area contributed by atoms with Gasteiger partial charge in [0, 0.05) is 31.5 Å². The molecule has 0 spiro atoms. The molecule has 1 N–H and O–H groups in total. The second-order valence-electron chi connectivity index (χ2n) is 4.70. The average molecular weight is 291 g/mol. The van der Waals surface area contributed by atoms with Crippen LogP contribution in [0.4, 0.5) is 0 Å². The van der Waals surface area contributed by atoms with Crippen molar-refractivity contribution >= 4 is 21.4 Å². The van der Waals surface area contributed by atoms with E-state index in [4.69, 9.17) is 5.11 Å². The maximum absolute atomic E-state index is 12.2. The lowest BCUT2D eigenvalue weighted by atomic mass is 10.1. The van der Waals surface area contributed by atoms with Gasteiger partial charge in [0.1, 0.15) is 4.21 Å². The molecule has 0 aliphatic carbocycles. The zero-order chi connectivity index (χ0) is 13.8. The minimum atomic E-state index is -3.36. The summed E-state index contributed by atoms with van der Waals surface area (Å²) in [5, 5.41) is 8.83. The number of aliphatic hydroxyl groups excluding tert-OH is 1. The number of thiophene rings is 1. The van der Waals surface area contributed by atoms with Crippen LogP contribution >= 0.6 is 11.3 Å². The van der Waals surface area contributed by atoms with Crippen molar-refractivity contribution in [2.45, 2.75) is 30.9 Å². The van der Waals surface area contributed by atoms with E-state index in [-0.39, 0.29) is 6.61 Å². The molecule has 1 aromatic heterocycles. The number of sulfonamides is 1. The Hall–Kier alpha value is -0.430. The topological polar surface area (TPSA) is 57.6 Å². The highest BCUT2D eigenvalue weighted by Crippen LogP contribution is 2.24. The van der Waals surface area contributed by atoms with Crippen LogP contribution in [0, 0.1) is 5.92 Å². The molecule has 0 aliphatic heterocycles. The van der Waals surface area contributed by atoms with E-state index in [1.54, 1.807) is 19.2 Å². The summed E-state index contributed by atoms with van der Waals surface area (Å²) in [5.41, 5.74) is 0. The van der Waals surface area contributed by atoms with Crippen molar-refractivity contribution in [3.8, 4) is 0 Å². The number of aliphatic hydroxyl groups is 1. The summed E-state index contributed by atoms with van der Waals surface area (Å²) in [6, 6.07) is 3.39. The third-order valence-electron chi connectivity index (χ3n) is 2.68. The van der Waals surface area contributed by atoms with Gasteiger partial charge < -0.3 is 5.11 Å². The van der Waals surface area contributed by atoms with Crippen molar-refractivity contribution in [2.75, 3.05) is 20.2 Å². The predicted octanol–water partition coefficient (Wildman–Crippen LogP) is 1.95. The van der Waals surface area contributed by atoms with Crippen LogP contribution in [0.5, 0.6) is 0 Å². The molecular weight excluding hydrogens is 270 g/mol. The molecule has 0 fully saturated rings. The monoisotopic (exact) mass is 291 g/mol. The largest absolute Gasteiger partial charge is 0.396 e. The van der Waals surface area contributed by atoms with E-state index in [1.807, 2.05) is 0 Å². The number of hydrogen-bond donors (Lipinski definition) is 1. The zero-order valence-corrected chi connectivity index (χ0v) is 12.7. The van der Waals surface area contributed by atoms with E-state index < -0.39 is 10.0 Å². The fourth-order valence-corrected chi connectivity index (χ4v) is 4.20. The van der Waals surface area contributed by atoms with Gasteiger partial charge in [0.25, 0.3) is 10.0 Å². The van der Waals surface area contributed by atoms with E-state index in [2.05, 4.69) is 13.8 Å². The van der Waals surface area contributed by atoms with Gasteiger partial charge >= 0.3 is 0 Å². The Kier molecular flexibility index (Phi) is 5.78. The highest BCUT2D eigenvalue weighted by molar-refractivity contribution is 7.91. The summed E-state index contributed by atoms with van der Waals surface area (Å²) in [6.07, 6.45) is 1.36. The Morgan fingerprint density at radius 1 is 1.39 bits per heavy atom. The van der Waals surface area contributed by atoms with Crippen molar-refractivity contribution in [3.63, 3.8) is 0 Å². The van der Waals surface area contributed by atoms with Gasteiger partial charge in [-0.2, -0.15) is 0 Å². The highest BCUT2D eigenvalue weighted by Gasteiger charge is 2.22. The van der Waals surface area contributed by atoms with Crippen molar-refractivity contribution < 1.29 is 13.5 Å². The molecule has 0 saturated carbocycles. The molecule has 0 aromatic carbocycles. The lowest BCUT2D eigenvalue weighted by molar-refractivity contribution is 0.300. The zero-order valence-electron chi connectivity index (χ0n) is 11.1. The summed E-state index contributed by atoms with van der Waals surface area (Å²) < 4.78 is 26.2. The Bertz CT molecular complexity index is 465. The number of nitrogens with zero attached hydrogens (tertiary/aromatic N) is 1. The smallest absolute Gasteiger partial charge is 0.252 e. The molecule has 4 nitrogen and oxygen atoms in total. The third kappa shape index (κ3) is 4.05. The van der Waals surface area contributed by atoms with Gasteiger partial charge in [0.05, 0.1) is 0 Å². The quantitative estimate of drug-likeness (QED) is 0.835. The molecule has 0 unspecified atom stereocenters. The normalized spacial score (nSPS) is 12.6. The first-order valence-corrected chi connectivity index (χ1v) is 8.29. The minimum absolute atomic E-state index is 0.0448. The second kappa shape index (κ2) is 6.65. The molecule has 1 aromatic rings. The predicted molar refractivity (Wildman–Crippen MR) is 74.4 cm³/mol. The molecule has 6 heteroatoms. The number of hydrogen-bond acceptors (Lipinski definition) is 4. The van der Waals surface area contributed by atoms with Gasteiger partial charge in [-0.3, -0.25) is 0 Å². The van der Waals surface area contributed by atoms with Crippen LogP contribution in [0.1, 0.15) is 25.1 Å². The van der Waals surface area contributed by atoms with Crippen molar-refractivity contribution in [1.82, 2.24) is 4.31 Å². The molecule has 0 radical (unpaired) electrons. The summed E-state index contributed by atoms with van der Waals surface area (Å²) >= 11 is 1.24. The van der Waals surface area contributed by atoms with Gasteiger partial charge in [-0.25, -0.2) is 12.7 Å². The Morgan fingerprint density at radius 3 is 2.61 bits per heavy atom. The molecular formula is C12H21NO3S2. The van der Waals surface area contributed by atoms with Gasteiger partial charge in [0.15, 0.2) is 0 Å². The molecule has 1 rings (SSSR count). The van der Waals surface area contributed by atoms with E-state index >= 15 is 0 Å². The maximum Gasteiger partial charge on any atom is 0.252 e. The van der Waals surface area contributed by atoms with Crippen molar-refractivity contribution in [1.29, 1.82) is 0 Å². The van der Waals surface area contributed by atoms with Crippen LogP contribution in [0.25, 0.3) is 0 Å². The number of rotatable bonds is 7. The molecule has 0 amide bonds. The van der Waals surface area contributed by atoms with E-state index in [0.717, 1.165) is 11.3 Å². The molecule has 0 saturated heterocycles. The summed E-state index contributed by atoms with van der Waals surface area (Å²) in [4.78, 5) is 0.897. The first-order chi connectivity index (χ1) is 8.37. The Balaban J connectivity index is 2.77. The lowest BCUT2D eigenvalue weighted by Gasteiger charge is -2.16. The maximum atomic E-state index is 12.2. The molecule has 18 heavy (non-hydrogen) atoms. The van der Waals surface area contributed by atoms with Gasteiger partial charge in [0.2, 0.25) is 0 Å². The second-order valence-corrected chi connectivity index (χ2v) is 8.14. The molecule has 0 bridgehead atoms. The van der Waals surface area contributed by atoms with Crippen LogP contribution in [0.15, 0.2) is 16.3 Å². The molecule has 0 atom stereocenters. The SMILES string of the molecule is CC(C)CCN(C)S(=O)(=O)c1ccc(CCO)s1. The van der Waals surface area contributed by atoms with Crippen LogP contribution < -0.4 is 0 Å². The van der Waals surface area contributed by atoms with E-state index in [1.165, 1.54) is 15.6 Å². The lowest BCUT2D eigenvalue weighted by Crippen LogP contribution is -2.28. The van der Waals surface area contributed by atoms with Crippen LogP contribution in [-0.4, -0.2) is 38.0 Å². The molecule has 104 valence electrons. The van der Waals surface area contributed by atoms with E-state index in [9.17, 15) is 8.42 Å².